The topological polar surface area (TPSA) is 83.8 Å². The van der Waals surface area contributed by atoms with Crippen LogP contribution >= 0.6 is 0 Å². The molecule has 142 valence electrons. The van der Waals surface area contributed by atoms with E-state index in [0.29, 0.717) is 30.6 Å². The van der Waals surface area contributed by atoms with E-state index in [9.17, 15) is 13.5 Å². The summed E-state index contributed by atoms with van der Waals surface area (Å²) >= 11 is 0. The van der Waals surface area contributed by atoms with Gasteiger partial charge in [-0.15, -0.1) is 0 Å². The lowest BCUT2D eigenvalue weighted by Gasteiger charge is -2.57. The van der Waals surface area contributed by atoms with Crippen molar-refractivity contribution in [1.82, 2.24) is 0 Å². The molecule has 25 heavy (non-hydrogen) atoms. The fourth-order valence-corrected chi connectivity index (χ4v) is 7.36. The number of aliphatic hydroxyl groups is 1. The molecule has 3 fully saturated rings. The van der Waals surface area contributed by atoms with Gasteiger partial charge in [-0.25, -0.2) is 4.18 Å². The number of hydrogen-bond donors (Lipinski definition) is 2. The van der Waals surface area contributed by atoms with Gasteiger partial charge in [0.15, 0.2) is 0 Å². The zero-order valence-electron chi connectivity index (χ0n) is 15.1. The van der Waals surface area contributed by atoms with E-state index in [2.05, 4.69) is 19.9 Å². The summed E-state index contributed by atoms with van der Waals surface area (Å²) in [7, 11) is -4.39. The Morgan fingerprint density at radius 1 is 1.12 bits per heavy atom. The maximum atomic E-state index is 11.0. The van der Waals surface area contributed by atoms with Crippen molar-refractivity contribution in [2.24, 2.45) is 28.6 Å². The quantitative estimate of drug-likeness (QED) is 0.574. The molecular formula is C19H30O5S. The average molecular weight is 371 g/mol. The highest BCUT2D eigenvalue weighted by Gasteiger charge is 2.58. The highest BCUT2D eigenvalue weighted by molar-refractivity contribution is 7.80. The molecular weight excluding hydrogens is 340 g/mol. The van der Waals surface area contributed by atoms with E-state index in [0.717, 1.165) is 38.5 Å². The van der Waals surface area contributed by atoms with Gasteiger partial charge in [0, 0.05) is 0 Å². The molecule has 7 atom stereocenters. The molecule has 0 heterocycles. The van der Waals surface area contributed by atoms with E-state index >= 15 is 0 Å². The second-order valence-electron chi connectivity index (χ2n) is 9.29. The standard InChI is InChI=1S/C19H30O5S/c1-18-9-7-13(24-25(21,22)23)11-12(18)3-4-14-15-5-6-17(20)19(15,2)10-8-16(14)18/h3,13-17,20H,4-11H2,1-2H3,(H,21,22,23)/t13?,14?,15?,16?,17?,18?,19-/m0/s1. The molecule has 6 heteroatoms. The fraction of sp³-hybridized carbons (Fsp3) is 0.895. The predicted octanol–water partition coefficient (Wildman–Crippen LogP) is 3.50. The number of rotatable bonds is 2. The smallest absolute Gasteiger partial charge is 0.393 e. The summed E-state index contributed by atoms with van der Waals surface area (Å²) < 4.78 is 35.9. The van der Waals surface area contributed by atoms with Gasteiger partial charge in [0.05, 0.1) is 12.2 Å². The van der Waals surface area contributed by atoms with Crippen molar-refractivity contribution < 1.29 is 22.3 Å². The Hall–Kier alpha value is -0.430. The Morgan fingerprint density at radius 3 is 2.60 bits per heavy atom. The van der Waals surface area contributed by atoms with Crippen molar-refractivity contribution in [2.45, 2.75) is 77.4 Å². The van der Waals surface area contributed by atoms with Crippen LogP contribution in [-0.2, 0) is 14.6 Å². The molecule has 0 aromatic heterocycles. The number of hydrogen-bond acceptors (Lipinski definition) is 4. The molecule has 0 radical (unpaired) electrons. The Kier molecular flexibility index (Phi) is 4.15. The maximum absolute atomic E-state index is 11.0. The summed E-state index contributed by atoms with van der Waals surface area (Å²) in [5.74, 6) is 1.84. The molecule has 4 aliphatic carbocycles. The highest BCUT2D eigenvalue weighted by atomic mass is 32.3. The second kappa shape index (κ2) is 5.78. The SMILES string of the molecule is CC12CCC(OS(=O)(=O)O)CC1=CCC1C2CC[C@]2(C)C(O)CCC12. The van der Waals surface area contributed by atoms with Gasteiger partial charge in [-0.05, 0) is 80.0 Å². The number of allylic oxidation sites excluding steroid dienone is 1. The molecule has 3 saturated carbocycles. The van der Waals surface area contributed by atoms with Crippen LogP contribution in [0.1, 0.15) is 65.2 Å². The van der Waals surface area contributed by atoms with Crippen LogP contribution in [0.15, 0.2) is 11.6 Å². The van der Waals surface area contributed by atoms with E-state index in [1.807, 2.05) is 0 Å². The highest BCUT2D eigenvalue weighted by Crippen LogP contribution is 2.64. The second-order valence-corrected chi connectivity index (χ2v) is 10.3. The Morgan fingerprint density at radius 2 is 1.88 bits per heavy atom. The van der Waals surface area contributed by atoms with E-state index in [1.165, 1.54) is 5.57 Å². The van der Waals surface area contributed by atoms with Crippen molar-refractivity contribution in [1.29, 1.82) is 0 Å². The van der Waals surface area contributed by atoms with Crippen LogP contribution in [0.3, 0.4) is 0 Å². The summed E-state index contributed by atoms with van der Waals surface area (Å²) in [5, 5.41) is 10.5. The third-order valence-corrected chi connectivity index (χ3v) is 8.78. The van der Waals surface area contributed by atoms with Crippen molar-refractivity contribution in [3.05, 3.63) is 11.6 Å². The summed E-state index contributed by atoms with van der Waals surface area (Å²) in [5.41, 5.74) is 1.50. The monoisotopic (exact) mass is 370 g/mol. The average Bonchev–Trinajstić information content (AvgIpc) is 2.82. The van der Waals surface area contributed by atoms with Crippen LogP contribution in [0.2, 0.25) is 0 Å². The molecule has 0 aromatic rings. The minimum atomic E-state index is -4.39. The first-order valence-corrected chi connectivity index (χ1v) is 11.0. The number of aliphatic hydroxyl groups excluding tert-OH is 1. The Labute approximate surface area is 150 Å². The third-order valence-electron chi connectivity index (χ3n) is 8.27. The summed E-state index contributed by atoms with van der Waals surface area (Å²) in [6, 6.07) is 0. The van der Waals surface area contributed by atoms with Gasteiger partial charge in [0.25, 0.3) is 0 Å². The largest absolute Gasteiger partial charge is 0.397 e. The first kappa shape index (κ1) is 18.0. The lowest BCUT2D eigenvalue weighted by Crippen LogP contribution is -2.51. The molecule has 2 N–H and O–H groups in total. The zero-order valence-corrected chi connectivity index (χ0v) is 16.0. The normalized spacial score (nSPS) is 49.8. The molecule has 0 saturated heterocycles. The summed E-state index contributed by atoms with van der Waals surface area (Å²) in [6.07, 6.45) is 9.23. The third kappa shape index (κ3) is 2.80. The molecule has 0 aromatic carbocycles. The lowest BCUT2D eigenvalue weighted by atomic mass is 9.48. The molecule has 4 aliphatic rings. The van der Waals surface area contributed by atoms with Crippen molar-refractivity contribution in [3.8, 4) is 0 Å². The molecule has 6 unspecified atom stereocenters. The maximum Gasteiger partial charge on any atom is 0.397 e. The van der Waals surface area contributed by atoms with E-state index < -0.39 is 16.5 Å². The van der Waals surface area contributed by atoms with Crippen LogP contribution in [0, 0.1) is 28.6 Å². The molecule has 0 spiro atoms. The predicted molar refractivity (Wildman–Crippen MR) is 94.1 cm³/mol. The number of fused-ring (bicyclic) bond motifs is 5. The molecule has 0 amide bonds. The van der Waals surface area contributed by atoms with Crippen molar-refractivity contribution in [3.63, 3.8) is 0 Å². The van der Waals surface area contributed by atoms with Gasteiger partial charge < -0.3 is 5.11 Å². The first-order chi connectivity index (χ1) is 11.6. The van der Waals surface area contributed by atoms with Crippen molar-refractivity contribution in [2.75, 3.05) is 0 Å². The van der Waals surface area contributed by atoms with Gasteiger partial charge in [-0.3, -0.25) is 4.55 Å². The Bertz CT molecular complexity index is 686. The van der Waals surface area contributed by atoms with Gasteiger partial charge in [0.1, 0.15) is 0 Å². The minimum absolute atomic E-state index is 0.0775. The van der Waals surface area contributed by atoms with E-state index in [-0.39, 0.29) is 16.9 Å². The van der Waals surface area contributed by atoms with Crippen LogP contribution in [0.25, 0.3) is 0 Å². The fourth-order valence-electron chi connectivity index (χ4n) is 6.85. The summed E-state index contributed by atoms with van der Waals surface area (Å²) in [4.78, 5) is 0. The van der Waals surface area contributed by atoms with E-state index in [4.69, 9.17) is 8.74 Å². The van der Waals surface area contributed by atoms with Crippen LogP contribution in [-0.4, -0.2) is 30.3 Å². The molecule has 4 rings (SSSR count). The van der Waals surface area contributed by atoms with Crippen LogP contribution in [0.4, 0.5) is 0 Å². The molecule has 0 bridgehead atoms. The van der Waals surface area contributed by atoms with Crippen molar-refractivity contribution >= 4 is 10.4 Å². The Balaban J connectivity index is 1.58. The molecule has 5 nitrogen and oxygen atoms in total. The van der Waals surface area contributed by atoms with Crippen LogP contribution in [0.5, 0.6) is 0 Å². The zero-order chi connectivity index (χ0) is 18.0. The summed E-state index contributed by atoms with van der Waals surface area (Å²) in [6.45, 7) is 4.62. The molecule has 0 aliphatic heterocycles. The first-order valence-electron chi connectivity index (χ1n) is 9.67. The van der Waals surface area contributed by atoms with Crippen LogP contribution < -0.4 is 0 Å². The van der Waals surface area contributed by atoms with Gasteiger partial charge >= 0.3 is 10.4 Å². The van der Waals surface area contributed by atoms with Gasteiger partial charge in [0.2, 0.25) is 0 Å². The van der Waals surface area contributed by atoms with E-state index in [1.54, 1.807) is 0 Å². The van der Waals surface area contributed by atoms with Gasteiger partial charge in [-0.2, -0.15) is 8.42 Å². The van der Waals surface area contributed by atoms with Gasteiger partial charge in [-0.1, -0.05) is 25.5 Å². The minimum Gasteiger partial charge on any atom is -0.393 e. The lowest BCUT2D eigenvalue weighted by molar-refractivity contribution is -0.0703.